The molecule has 8 N–H and O–H groups in total. The van der Waals surface area contributed by atoms with Gasteiger partial charge >= 0.3 is 0 Å². The fourth-order valence-electron chi connectivity index (χ4n) is 12.4. The molecule has 7 fully saturated rings. The summed E-state index contributed by atoms with van der Waals surface area (Å²) < 4.78 is 36.9. The van der Waals surface area contributed by atoms with E-state index in [4.69, 9.17) is 28.4 Å². The van der Waals surface area contributed by atoms with Gasteiger partial charge in [0.1, 0.15) is 48.8 Å². The van der Waals surface area contributed by atoms with Gasteiger partial charge in [-0.15, -0.1) is 0 Å². The molecule has 4 aliphatic heterocycles. The lowest BCUT2D eigenvalue weighted by Gasteiger charge is -2.60. The van der Waals surface area contributed by atoms with Gasteiger partial charge in [-0.2, -0.15) is 0 Å². The van der Waals surface area contributed by atoms with Crippen molar-refractivity contribution in [2.75, 3.05) is 13.2 Å². The van der Waals surface area contributed by atoms with Gasteiger partial charge in [0.25, 0.3) is 0 Å². The summed E-state index contributed by atoms with van der Waals surface area (Å²) >= 11 is 0. The maximum Gasteiger partial charge on any atom is 0.187 e. The van der Waals surface area contributed by atoms with Crippen LogP contribution in [0.1, 0.15) is 72.6 Å². The van der Waals surface area contributed by atoms with Gasteiger partial charge in [0, 0.05) is 17.8 Å². The Morgan fingerprint density at radius 1 is 0.868 bits per heavy atom. The van der Waals surface area contributed by atoms with Gasteiger partial charge in [-0.3, -0.25) is 0 Å². The van der Waals surface area contributed by atoms with Crippen LogP contribution in [0.5, 0.6) is 0 Å². The highest BCUT2D eigenvalue weighted by Gasteiger charge is 2.70. The number of aliphatic hydroxyl groups is 8. The van der Waals surface area contributed by atoms with Gasteiger partial charge in [0.05, 0.1) is 37.6 Å². The lowest BCUT2D eigenvalue weighted by Crippen LogP contribution is -2.66. The Balaban J connectivity index is 1.01. The van der Waals surface area contributed by atoms with Gasteiger partial charge in [-0.1, -0.05) is 44.6 Å². The van der Waals surface area contributed by atoms with E-state index in [0.29, 0.717) is 24.4 Å². The van der Waals surface area contributed by atoms with Crippen LogP contribution in [0.3, 0.4) is 0 Å². The molecule has 8 aliphatic rings. The van der Waals surface area contributed by atoms with E-state index in [0.717, 1.165) is 49.7 Å². The highest BCUT2D eigenvalue weighted by atomic mass is 16.8. The summed E-state index contributed by atoms with van der Waals surface area (Å²) in [5, 5.41) is 86.8. The molecule has 4 aliphatic carbocycles. The molecule has 0 aromatic heterocycles. The van der Waals surface area contributed by atoms with Crippen molar-refractivity contribution in [3.05, 3.63) is 23.8 Å². The van der Waals surface area contributed by atoms with E-state index in [9.17, 15) is 40.9 Å². The van der Waals surface area contributed by atoms with Crippen molar-refractivity contribution >= 4 is 0 Å². The molecule has 4 saturated heterocycles. The Morgan fingerprint density at radius 2 is 1.62 bits per heavy atom. The van der Waals surface area contributed by atoms with Gasteiger partial charge in [0.2, 0.25) is 0 Å². The van der Waals surface area contributed by atoms with Crippen molar-refractivity contribution in [3.8, 4) is 0 Å². The molecular weight excluding hydrogens is 692 g/mol. The van der Waals surface area contributed by atoms with Crippen molar-refractivity contribution in [1.29, 1.82) is 0 Å². The molecule has 0 unspecified atom stereocenters. The monoisotopic (exact) mass is 752 g/mol. The van der Waals surface area contributed by atoms with Crippen LogP contribution in [0.25, 0.3) is 0 Å². The third kappa shape index (κ3) is 5.80. The van der Waals surface area contributed by atoms with E-state index >= 15 is 0 Å². The summed E-state index contributed by atoms with van der Waals surface area (Å²) in [6, 6.07) is 0. The second-order valence-corrected chi connectivity index (χ2v) is 18.0. The molecule has 14 nitrogen and oxygen atoms in total. The molecule has 3 saturated carbocycles. The average Bonchev–Trinajstić information content (AvgIpc) is 3.58. The number of rotatable bonds is 5. The minimum Gasteiger partial charge on any atom is -0.394 e. The molecule has 0 bridgehead atoms. The highest BCUT2D eigenvalue weighted by Crippen LogP contribution is 2.70. The van der Waals surface area contributed by atoms with Crippen LogP contribution in [0, 0.1) is 40.4 Å². The quantitative estimate of drug-likeness (QED) is 0.177. The van der Waals surface area contributed by atoms with Crippen LogP contribution in [0.15, 0.2) is 23.8 Å². The fraction of sp³-hybridized carbons (Fsp3) is 0.897. The molecule has 53 heavy (non-hydrogen) atoms. The SMILES string of the molecule is C=C1CC[C@@]2(OC1)O[C@H]1C[C@H]3[C@@H]4CC=C5C[C@@H](O[C@@H]6O[C@H](CO)[C@H](O)[C@H](O)[C@H]6O[C@@H]6O[C@@H](C)[C@H](O)[C@@H](O)[C@H]6O)[C@H](O)[C@@H](O)[C@]5(C)[C@H]4CC[C@]3(C)[C@H]1[C@@H]2C. The summed E-state index contributed by atoms with van der Waals surface area (Å²) in [5.74, 6) is 0.885. The minimum atomic E-state index is -1.71. The number of fused-ring (bicyclic) bond motifs is 7. The molecule has 8 rings (SSSR count). The molecule has 300 valence electrons. The zero-order valence-corrected chi connectivity index (χ0v) is 31.1. The van der Waals surface area contributed by atoms with Gasteiger partial charge in [-0.05, 0) is 74.5 Å². The number of hydrogen-bond donors (Lipinski definition) is 8. The molecule has 0 radical (unpaired) electrons. The molecule has 0 aromatic carbocycles. The normalized spacial score (nSPS) is 58.1. The third-order valence-electron chi connectivity index (χ3n) is 15.5. The first-order valence-electron chi connectivity index (χ1n) is 19.7. The largest absolute Gasteiger partial charge is 0.394 e. The Kier molecular flexibility index (Phi) is 10.1. The zero-order chi connectivity index (χ0) is 37.9. The second-order valence-electron chi connectivity index (χ2n) is 18.0. The van der Waals surface area contributed by atoms with Crippen molar-refractivity contribution in [3.63, 3.8) is 0 Å². The van der Waals surface area contributed by atoms with Gasteiger partial charge in [0.15, 0.2) is 18.4 Å². The predicted molar refractivity (Wildman–Crippen MR) is 184 cm³/mol. The number of ether oxygens (including phenoxy) is 6. The van der Waals surface area contributed by atoms with Crippen LogP contribution >= 0.6 is 0 Å². The summed E-state index contributed by atoms with van der Waals surface area (Å²) in [5.41, 5.74) is 1.43. The summed E-state index contributed by atoms with van der Waals surface area (Å²) in [6.07, 6.45) is -10.3. The van der Waals surface area contributed by atoms with E-state index in [-0.39, 0.29) is 29.8 Å². The molecule has 0 aromatic rings. The van der Waals surface area contributed by atoms with Crippen molar-refractivity contribution in [2.45, 2.75) is 164 Å². The zero-order valence-electron chi connectivity index (χ0n) is 31.1. The Hall–Kier alpha value is -1.08. The fourth-order valence-corrected chi connectivity index (χ4v) is 12.4. The lowest BCUT2D eigenvalue weighted by atomic mass is 9.46. The van der Waals surface area contributed by atoms with Gasteiger partial charge in [-0.25, -0.2) is 0 Å². The molecule has 0 amide bonds. The van der Waals surface area contributed by atoms with E-state index in [1.54, 1.807) is 0 Å². The summed E-state index contributed by atoms with van der Waals surface area (Å²) in [7, 11) is 0. The smallest absolute Gasteiger partial charge is 0.187 e. The first-order chi connectivity index (χ1) is 25.1. The van der Waals surface area contributed by atoms with Crippen molar-refractivity contribution in [2.24, 2.45) is 40.4 Å². The van der Waals surface area contributed by atoms with E-state index in [2.05, 4.69) is 33.4 Å². The van der Waals surface area contributed by atoms with E-state index in [1.165, 1.54) is 6.92 Å². The maximum atomic E-state index is 12.1. The molecule has 1 spiro atoms. The molecule has 22 atom stereocenters. The van der Waals surface area contributed by atoms with Crippen LogP contribution in [-0.2, 0) is 28.4 Å². The van der Waals surface area contributed by atoms with Crippen LogP contribution < -0.4 is 0 Å². The number of aliphatic hydroxyl groups excluding tert-OH is 8. The Labute approximate surface area is 310 Å². The van der Waals surface area contributed by atoms with E-state index < -0.39 is 97.5 Å². The first-order valence-corrected chi connectivity index (χ1v) is 19.7. The number of hydrogen-bond acceptors (Lipinski definition) is 14. The standard InChI is InChI=1S/C39H60O14/c1-16-8-11-39(48-15-16)17(2)26-23(53-39)13-22-20-7-6-19-12-24(29(43)34(47)38(19,5)21(20)9-10-37(22,26)4)50-36-33(31(45)28(42)25(14-40)51-36)52-35-32(46)30(44)27(41)18(3)49-35/h6,17-18,20-36,40-47H,1,7-15H2,2-5H3/t17-,18-,20+,21-,22-,23-,24+,25+,26-,27-,28-,29-,30+,31-,32+,33+,34+,35-,36+,37-,38-,39+/m0/s1. The number of allylic oxidation sites excluding steroid dienone is 1. The van der Waals surface area contributed by atoms with Gasteiger partial charge < -0.3 is 69.3 Å². The Morgan fingerprint density at radius 3 is 2.32 bits per heavy atom. The summed E-state index contributed by atoms with van der Waals surface area (Å²) in [4.78, 5) is 0. The van der Waals surface area contributed by atoms with E-state index in [1.807, 2.05) is 0 Å². The van der Waals surface area contributed by atoms with Crippen LogP contribution in [0.4, 0.5) is 0 Å². The molecule has 14 heteroatoms. The second kappa shape index (κ2) is 13.8. The lowest BCUT2D eigenvalue weighted by molar-refractivity contribution is -0.373. The Bertz CT molecular complexity index is 1420. The first kappa shape index (κ1) is 38.8. The maximum absolute atomic E-state index is 12.1. The predicted octanol–water partition coefficient (Wildman–Crippen LogP) is 0.252. The molecular formula is C39H60O14. The molecule has 4 heterocycles. The minimum absolute atomic E-state index is 0.0572. The summed E-state index contributed by atoms with van der Waals surface area (Å²) in [6.45, 7) is 12.3. The van der Waals surface area contributed by atoms with Crippen LogP contribution in [0.2, 0.25) is 0 Å². The van der Waals surface area contributed by atoms with Crippen molar-refractivity contribution in [1.82, 2.24) is 0 Å². The topological polar surface area (TPSA) is 217 Å². The average molecular weight is 753 g/mol. The third-order valence-corrected chi connectivity index (χ3v) is 15.5. The highest BCUT2D eigenvalue weighted by molar-refractivity contribution is 5.30. The van der Waals surface area contributed by atoms with Crippen molar-refractivity contribution < 1.29 is 69.3 Å². The van der Waals surface area contributed by atoms with Crippen LogP contribution in [-0.4, -0.2) is 146 Å².